The predicted octanol–water partition coefficient (Wildman–Crippen LogP) is 3.40. The van der Waals surface area contributed by atoms with Crippen LogP contribution in [-0.2, 0) is 6.42 Å². The molecule has 1 aliphatic rings. The maximum absolute atomic E-state index is 13.8. The van der Waals surface area contributed by atoms with E-state index in [-0.39, 0.29) is 11.2 Å². The third kappa shape index (κ3) is 2.10. The van der Waals surface area contributed by atoms with Crippen molar-refractivity contribution < 1.29 is 9.13 Å². The van der Waals surface area contributed by atoms with Gasteiger partial charge in [-0.3, -0.25) is 0 Å². The summed E-state index contributed by atoms with van der Waals surface area (Å²) in [6.45, 7) is 0. The van der Waals surface area contributed by atoms with Gasteiger partial charge in [0.05, 0.1) is 7.11 Å². The van der Waals surface area contributed by atoms with Crippen molar-refractivity contribution in [2.45, 2.75) is 19.3 Å². The van der Waals surface area contributed by atoms with E-state index in [1.807, 2.05) is 12.1 Å². The van der Waals surface area contributed by atoms with Gasteiger partial charge in [-0.15, -0.1) is 11.6 Å². The number of rotatable bonds is 4. The highest BCUT2D eigenvalue weighted by molar-refractivity contribution is 6.18. The van der Waals surface area contributed by atoms with E-state index < -0.39 is 0 Å². The minimum Gasteiger partial charge on any atom is -0.494 e. The molecule has 1 aliphatic carbocycles. The molecule has 0 unspecified atom stereocenters. The van der Waals surface area contributed by atoms with Crippen LogP contribution in [0.4, 0.5) is 4.39 Å². The Morgan fingerprint density at radius 3 is 2.73 bits per heavy atom. The van der Waals surface area contributed by atoms with Crippen molar-refractivity contribution in [1.82, 2.24) is 0 Å². The van der Waals surface area contributed by atoms with Gasteiger partial charge in [0.15, 0.2) is 11.6 Å². The zero-order valence-corrected chi connectivity index (χ0v) is 9.48. The van der Waals surface area contributed by atoms with Crippen LogP contribution in [0, 0.1) is 11.2 Å². The summed E-state index contributed by atoms with van der Waals surface area (Å²) in [5.41, 5.74) is 0.863. The van der Waals surface area contributed by atoms with E-state index in [0.29, 0.717) is 17.2 Å². The molecule has 1 nitrogen and oxygen atoms in total. The van der Waals surface area contributed by atoms with E-state index in [2.05, 4.69) is 0 Å². The Bertz CT molecular complexity index is 361. The third-order valence-electron chi connectivity index (χ3n) is 3.07. The summed E-state index contributed by atoms with van der Waals surface area (Å²) < 4.78 is 18.7. The lowest BCUT2D eigenvalue weighted by Gasteiger charge is -2.13. The van der Waals surface area contributed by atoms with E-state index in [1.165, 1.54) is 7.11 Å². The molecule has 0 bridgehead atoms. The highest BCUT2D eigenvalue weighted by atomic mass is 35.5. The minimum atomic E-state index is -0.239. The van der Waals surface area contributed by atoms with Crippen LogP contribution in [0.25, 0.3) is 0 Å². The van der Waals surface area contributed by atoms with Crippen LogP contribution < -0.4 is 4.74 Å². The molecule has 3 heteroatoms. The van der Waals surface area contributed by atoms with Crippen LogP contribution in [0.15, 0.2) is 18.2 Å². The van der Waals surface area contributed by atoms with E-state index in [9.17, 15) is 4.39 Å². The Kier molecular flexibility index (Phi) is 2.87. The Hall–Kier alpha value is -0.760. The molecular weight excluding hydrogens is 215 g/mol. The lowest BCUT2D eigenvalue weighted by Crippen LogP contribution is -2.08. The quantitative estimate of drug-likeness (QED) is 0.718. The fourth-order valence-corrected chi connectivity index (χ4v) is 2.15. The zero-order chi connectivity index (χ0) is 10.9. The largest absolute Gasteiger partial charge is 0.494 e. The summed E-state index contributed by atoms with van der Waals surface area (Å²) in [5, 5.41) is 0. The van der Waals surface area contributed by atoms with Crippen LogP contribution in [0.3, 0.4) is 0 Å². The van der Waals surface area contributed by atoms with Gasteiger partial charge in [-0.2, -0.15) is 0 Å². The van der Waals surface area contributed by atoms with E-state index in [4.69, 9.17) is 16.3 Å². The Balaban J connectivity index is 2.21. The normalized spacial score (nSPS) is 17.5. The number of methoxy groups -OCH3 is 1. The molecule has 15 heavy (non-hydrogen) atoms. The molecule has 1 fully saturated rings. The highest BCUT2D eigenvalue weighted by Crippen LogP contribution is 2.49. The van der Waals surface area contributed by atoms with E-state index >= 15 is 0 Å². The van der Waals surface area contributed by atoms with Gasteiger partial charge in [0.2, 0.25) is 0 Å². The summed E-state index contributed by atoms with van der Waals surface area (Å²) in [7, 11) is 1.48. The van der Waals surface area contributed by atoms with Crippen molar-refractivity contribution in [3.05, 3.63) is 29.6 Å². The zero-order valence-electron chi connectivity index (χ0n) is 8.72. The summed E-state index contributed by atoms with van der Waals surface area (Å²) >= 11 is 5.88. The van der Waals surface area contributed by atoms with Gasteiger partial charge >= 0.3 is 0 Å². The summed E-state index contributed by atoms with van der Waals surface area (Å²) in [6, 6.07) is 5.27. The van der Waals surface area contributed by atoms with Crippen molar-refractivity contribution >= 4 is 11.6 Å². The van der Waals surface area contributed by atoms with Crippen LogP contribution >= 0.6 is 11.6 Å². The average Bonchev–Trinajstić information content (AvgIpc) is 3.02. The molecule has 0 spiro atoms. The van der Waals surface area contributed by atoms with Crippen LogP contribution in [-0.4, -0.2) is 13.0 Å². The second kappa shape index (κ2) is 4.01. The Morgan fingerprint density at radius 2 is 2.20 bits per heavy atom. The predicted molar refractivity (Wildman–Crippen MR) is 59.0 cm³/mol. The first-order valence-corrected chi connectivity index (χ1v) is 5.61. The van der Waals surface area contributed by atoms with E-state index in [0.717, 1.165) is 19.3 Å². The second-order valence-electron chi connectivity index (χ2n) is 4.24. The lowest BCUT2D eigenvalue weighted by molar-refractivity contribution is 0.382. The van der Waals surface area contributed by atoms with Crippen LogP contribution in [0.5, 0.6) is 5.75 Å². The monoisotopic (exact) mass is 228 g/mol. The van der Waals surface area contributed by atoms with Crippen molar-refractivity contribution in [3.63, 3.8) is 0 Å². The van der Waals surface area contributed by atoms with Gasteiger partial charge in [0.1, 0.15) is 0 Å². The molecule has 2 rings (SSSR count). The van der Waals surface area contributed by atoms with Crippen molar-refractivity contribution in [2.24, 2.45) is 5.41 Å². The third-order valence-corrected chi connectivity index (χ3v) is 3.64. The van der Waals surface area contributed by atoms with Gasteiger partial charge in [-0.1, -0.05) is 12.1 Å². The maximum Gasteiger partial charge on any atom is 0.168 e. The fourth-order valence-electron chi connectivity index (χ4n) is 1.79. The number of benzene rings is 1. The maximum atomic E-state index is 13.8. The van der Waals surface area contributed by atoms with Gasteiger partial charge in [-0.05, 0) is 36.3 Å². The van der Waals surface area contributed by atoms with Crippen molar-refractivity contribution in [2.75, 3.05) is 13.0 Å². The topological polar surface area (TPSA) is 9.23 Å². The van der Waals surface area contributed by atoms with Gasteiger partial charge < -0.3 is 4.74 Å². The number of halogens is 2. The van der Waals surface area contributed by atoms with Crippen molar-refractivity contribution in [3.8, 4) is 5.75 Å². The number of alkyl halides is 1. The molecule has 0 aromatic heterocycles. The second-order valence-corrected chi connectivity index (χ2v) is 4.51. The smallest absolute Gasteiger partial charge is 0.168 e. The standard InChI is InChI=1S/C12H14ClFO/c1-15-10-4-2-3-9(11(10)14)7-12(8-13)5-6-12/h2-4H,5-8H2,1H3. The first-order valence-electron chi connectivity index (χ1n) is 5.08. The molecule has 0 aliphatic heterocycles. The van der Waals surface area contributed by atoms with Gasteiger partial charge in [0, 0.05) is 5.88 Å². The summed E-state index contributed by atoms with van der Waals surface area (Å²) in [6.07, 6.45) is 2.93. The highest BCUT2D eigenvalue weighted by Gasteiger charge is 2.42. The number of hydrogen-bond acceptors (Lipinski definition) is 1. The molecule has 1 aromatic rings. The number of hydrogen-bond donors (Lipinski definition) is 0. The molecule has 0 saturated heterocycles. The molecule has 0 atom stereocenters. The van der Waals surface area contributed by atoms with Gasteiger partial charge in [0.25, 0.3) is 0 Å². The van der Waals surface area contributed by atoms with Crippen LogP contribution in [0.2, 0.25) is 0 Å². The first-order chi connectivity index (χ1) is 7.21. The Morgan fingerprint density at radius 1 is 1.47 bits per heavy atom. The molecular formula is C12H14ClFO. The van der Waals surface area contributed by atoms with Crippen LogP contribution in [0.1, 0.15) is 18.4 Å². The molecule has 0 N–H and O–H groups in total. The molecule has 0 radical (unpaired) electrons. The van der Waals surface area contributed by atoms with Crippen molar-refractivity contribution in [1.29, 1.82) is 0 Å². The molecule has 0 amide bonds. The lowest BCUT2D eigenvalue weighted by atomic mass is 9.98. The molecule has 1 aromatic carbocycles. The summed E-state index contributed by atoms with van der Waals surface area (Å²) in [4.78, 5) is 0. The molecule has 1 saturated carbocycles. The Labute approximate surface area is 94.2 Å². The SMILES string of the molecule is COc1cccc(CC2(CCl)CC2)c1F. The summed E-state index contributed by atoms with van der Waals surface area (Å²) in [5.74, 6) is 0.693. The molecule has 0 heterocycles. The van der Waals surface area contributed by atoms with E-state index in [1.54, 1.807) is 6.07 Å². The number of ether oxygens (including phenoxy) is 1. The first kappa shape index (κ1) is 10.7. The van der Waals surface area contributed by atoms with Gasteiger partial charge in [-0.25, -0.2) is 4.39 Å². The fraction of sp³-hybridized carbons (Fsp3) is 0.500. The minimum absolute atomic E-state index is 0.148. The average molecular weight is 229 g/mol. The molecule has 82 valence electrons.